The molecule has 0 amide bonds. The molecule has 0 aromatic rings. The van der Waals surface area contributed by atoms with Gasteiger partial charge >= 0.3 is 5.97 Å². The van der Waals surface area contributed by atoms with Crippen molar-refractivity contribution in [1.82, 2.24) is 0 Å². The summed E-state index contributed by atoms with van der Waals surface area (Å²) in [5.74, 6) is -0.353. The molecule has 0 atom stereocenters. The van der Waals surface area contributed by atoms with Gasteiger partial charge in [0.1, 0.15) is 0 Å². The number of ether oxygens (including phenoxy) is 1. The lowest BCUT2D eigenvalue weighted by atomic mass is 10.3. The summed E-state index contributed by atoms with van der Waals surface area (Å²) in [6.45, 7) is -1.92. The van der Waals surface area contributed by atoms with E-state index in [1.54, 1.807) is 0 Å². The van der Waals surface area contributed by atoms with Gasteiger partial charge < -0.3 is 4.74 Å². The summed E-state index contributed by atoms with van der Waals surface area (Å²) in [6, 6.07) is 0. The molecular formula is C6H13ClO2. The highest BCUT2D eigenvalue weighted by Crippen LogP contribution is 1.94. The first-order valence-electron chi connectivity index (χ1n) is 4.02. The van der Waals surface area contributed by atoms with Crippen LogP contribution in [0.15, 0.2) is 0 Å². The molecule has 0 spiro atoms. The van der Waals surface area contributed by atoms with E-state index in [4.69, 9.17) is 4.11 Å². The molecule has 0 aromatic carbocycles. The van der Waals surface area contributed by atoms with E-state index in [-0.39, 0.29) is 31.2 Å². The van der Waals surface area contributed by atoms with Gasteiger partial charge in [-0.3, -0.25) is 4.79 Å². The Hall–Kier alpha value is -0.240. The average Bonchev–Trinajstić information content (AvgIpc) is 1.85. The maximum atomic E-state index is 10.5. The van der Waals surface area contributed by atoms with Crippen LogP contribution in [0.5, 0.6) is 0 Å². The van der Waals surface area contributed by atoms with Crippen LogP contribution in [-0.2, 0) is 9.53 Å². The Morgan fingerprint density at radius 1 is 1.78 bits per heavy atom. The molecule has 3 heteroatoms. The van der Waals surface area contributed by atoms with Crippen molar-refractivity contribution in [1.29, 1.82) is 0 Å². The van der Waals surface area contributed by atoms with Crippen LogP contribution in [0.3, 0.4) is 0 Å². The van der Waals surface area contributed by atoms with Crippen molar-refractivity contribution in [2.45, 2.75) is 26.1 Å². The van der Waals surface area contributed by atoms with Gasteiger partial charge in [-0.25, -0.2) is 0 Å². The zero-order chi connectivity index (χ0) is 8.91. The van der Waals surface area contributed by atoms with E-state index in [9.17, 15) is 4.79 Å². The van der Waals surface area contributed by atoms with Crippen LogP contribution in [0.1, 0.15) is 30.2 Å². The number of esters is 1. The highest BCUT2D eigenvalue weighted by Gasteiger charge is 1.95. The summed E-state index contributed by atoms with van der Waals surface area (Å²) in [5, 5.41) is 0. The van der Waals surface area contributed by atoms with E-state index in [1.165, 1.54) is 7.11 Å². The van der Waals surface area contributed by atoms with Gasteiger partial charge in [-0.05, 0) is 6.42 Å². The highest BCUT2D eigenvalue weighted by atomic mass is 35.5. The minimum absolute atomic E-state index is 0. The third-order valence-electron chi connectivity index (χ3n) is 0.785. The Morgan fingerprint density at radius 2 is 2.44 bits per heavy atom. The Labute approximate surface area is 66.2 Å². The second kappa shape index (κ2) is 7.76. The third kappa shape index (κ3) is 7.76. The Morgan fingerprint density at radius 3 is 2.89 bits per heavy atom. The molecular weight excluding hydrogens is 140 g/mol. The number of halogens is 1. The molecule has 56 valence electrons. The first-order chi connectivity index (χ1) is 4.95. The Bertz CT molecular complexity index is 135. The zero-order valence-corrected chi connectivity index (χ0v) is 6.16. The molecule has 0 unspecified atom stereocenters. The molecule has 0 aromatic heterocycles. The lowest BCUT2D eigenvalue weighted by molar-refractivity contribution is -0.140. The first-order valence-corrected chi connectivity index (χ1v) is 2.52. The largest absolute Gasteiger partial charge is 0.469 e. The molecule has 0 aliphatic heterocycles. The number of carbonyl (C=O) groups excluding carboxylic acids is 1. The van der Waals surface area contributed by atoms with E-state index in [0.29, 0.717) is 6.42 Å². The van der Waals surface area contributed by atoms with Gasteiger partial charge in [0.25, 0.3) is 0 Å². The summed E-state index contributed by atoms with van der Waals surface area (Å²) >= 11 is 0. The molecule has 0 saturated carbocycles. The summed E-state index contributed by atoms with van der Waals surface area (Å²) < 4.78 is 24.8. The van der Waals surface area contributed by atoms with E-state index in [0.717, 1.165) is 0 Å². The number of carbonyl (C=O) groups is 1. The van der Waals surface area contributed by atoms with Crippen LogP contribution in [0.25, 0.3) is 0 Å². The maximum Gasteiger partial charge on any atom is 0.305 e. The van der Waals surface area contributed by atoms with Gasteiger partial charge in [0, 0.05) is 10.5 Å². The fraction of sp³-hybridized carbons (Fsp3) is 0.833. The van der Waals surface area contributed by atoms with Crippen LogP contribution < -0.4 is 0 Å². The Kier molecular flexibility index (Phi) is 4.77. The monoisotopic (exact) mass is 155 g/mol. The first kappa shape index (κ1) is 5.54. The number of hydrogen-bond donors (Lipinski definition) is 0. The maximum absolute atomic E-state index is 10.5. The second-order valence-corrected chi connectivity index (χ2v) is 1.43. The second-order valence-electron chi connectivity index (χ2n) is 1.43. The van der Waals surface area contributed by atoms with Crippen LogP contribution in [0, 0.1) is 0 Å². The van der Waals surface area contributed by atoms with Crippen LogP contribution in [0.2, 0.25) is 0 Å². The lowest BCUT2D eigenvalue weighted by Gasteiger charge is -1.93. The predicted molar refractivity (Wildman–Crippen MR) is 38.8 cm³/mol. The predicted octanol–water partition coefficient (Wildman–Crippen LogP) is 1.77. The molecule has 0 aliphatic carbocycles. The molecule has 9 heavy (non-hydrogen) atoms. The highest BCUT2D eigenvalue weighted by molar-refractivity contribution is 5.85. The molecule has 0 radical (unpaired) electrons. The average molecular weight is 156 g/mol. The SMILES string of the molecule is Cl.[2H]C([2H])([2H])CCCC(=O)OC. The molecule has 0 fully saturated rings. The molecule has 0 bridgehead atoms. The molecule has 2 nitrogen and oxygen atoms in total. The quantitative estimate of drug-likeness (QED) is 0.581. The summed E-state index contributed by atoms with van der Waals surface area (Å²) in [6.07, 6.45) is 0.625. The lowest BCUT2D eigenvalue weighted by Crippen LogP contribution is -1.98. The molecule has 0 aliphatic rings. The normalized spacial score (nSPS) is 14.1. The molecule has 0 heterocycles. The summed E-state index contributed by atoms with van der Waals surface area (Å²) in [5.41, 5.74) is 0. The number of hydrogen-bond acceptors (Lipinski definition) is 2. The van der Waals surface area contributed by atoms with Crippen LogP contribution in [-0.4, -0.2) is 13.1 Å². The Balaban J connectivity index is 0. The van der Waals surface area contributed by atoms with Gasteiger partial charge in [-0.15, -0.1) is 12.4 Å². The smallest absolute Gasteiger partial charge is 0.305 e. The summed E-state index contributed by atoms with van der Waals surface area (Å²) in [4.78, 5) is 10.5. The van der Waals surface area contributed by atoms with E-state index in [1.807, 2.05) is 0 Å². The fourth-order valence-corrected chi connectivity index (χ4v) is 0.335. The van der Waals surface area contributed by atoms with E-state index >= 15 is 0 Å². The van der Waals surface area contributed by atoms with Gasteiger partial charge in [0.2, 0.25) is 0 Å². The molecule has 0 saturated heterocycles. The van der Waals surface area contributed by atoms with Crippen LogP contribution in [0.4, 0.5) is 0 Å². The standard InChI is InChI=1S/C6H12O2.ClH/c1-3-4-5-6(7)8-2;/h3-5H2,1-2H3;1H/i1D3;. The van der Waals surface area contributed by atoms with Crippen molar-refractivity contribution in [3.8, 4) is 0 Å². The number of methoxy groups -OCH3 is 1. The van der Waals surface area contributed by atoms with E-state index < -0.39 is 6.85 Å². The fourth-order valence-electron chi connectivity index (χ4n) is 0.335. The van der Waals surface area contributed by atoms with Crippen molar-refractivity contribution < 1.29 is 13.6 Å². The summed E-state index contributed by atoms with van der Waals surface area (Å²) in [7, 11) is 1.29. The minimum Gasteiger partial charge on any atom is -0.469 e. The topological polar surface area (TPSA) is 26.3 Å². The third-order valence-corrected chi connectivity index (χ3v) is 0.785. The van der Waals surface area contributed by atoms with Crippen molar-refractivity contribution in [2.75, 3.05) is 7.11 Å². The van der Waals surface area contributed by atoms with Crippen molar-refractivity contribution in [3.63, 3.8) is 0 Å². The van der Waals surface area contributed by atoms with Crippen LogP contribution >= 0.6 is 12.4 Å². The van der Waals surface area contributed by atoms with Gasteiger partial charge in [0.15, 0.2) is 0 Å². The zero-order valence-electron chi connectivity index (χ0n) is 8.35. The van der Waals surface area contributed by atoms with Gasteiger partial charge in [0.05, 0.1) is 7.11 Å². The molecule has 0 rings (SSSR count). The van der Waals surface area contributed by atoms with Crippen molar-refractivity contribution in [2.24, 2.45) is 0 Å². The van der Waals surface area contributed by atoms with E-state index in [2.05, 4.69) is 4.74 Å². The number of rotatable bonds is 3. The van der Waals surface area contributed by atoms with Crippen molar-refractivity contribution >= 4 is 18.4 Å². The minimum atomic E-state index is -1.92. The van der Waals surface area contributed by atoms with Crippen molar-refractivity contribution in [3.05, 3.63) is 0 Å². The van der Waals surface area contributed by atoms with Gasteiger partial charge in [-0.1, -0.05) is 13.3 Å². The van der Waals surface area contributed by atoms with Gasteiger partial charge in [-0.2, -0.15) is 0 Å². The molecule has 0 N–H and O–H groups in total.